The summed E-state index contributed by atoms with van der Waals surface area (Å²) in [5, 5.41) is 5.62. The maximum Gasteiger partial charge on any atom is 0.232 e. The Hall–Kier alpha value is -2.28. The fourth-order valence-electron chi connectivity index (χ4n) is 4.67. The zero-order valence-electron chi connectivity index (χ0n) is 15.9. The van der Waals surface area contributed by atoms with Gasteiger partial charge in [-0.1, -0.05) is 13.8 Å². The third-order valence-corrected chi connectivity index (χ3v) is 7.16. The Morgan fingerprint density at radius 1 is 1.22 bits per heavy atom. The van der Waals surface area contributed by atoms with E-state index in [0.717, 1.165) is 59.2 Å². The van der Waals surface area contributed by atoms with Gasteiger partial charge >= 0.3 is 0 Å². The molecular formula is C20H24N4O2S. The van der Waals surface area contributed by atoms with Crippen molar-refractivity contribution in [3.63, 3.8) is 0 Å². The molecule has 2 aromatic rings. The van der Waals surface area contributed by atoms with E-state index in [1.165, 1.54) is 17.4 Å². The van der Waals surface area contributed by atoms with Gasteiger partial charge in [0.25, 0.3) is 0 Å². The number of anilines is 1. The van der Waals surface area contributed by atoms with E-state index in [-0.39, 0.29) is 5.41 Å². The highest BCUT2D eigenvalue weighted by molar-refractivity contribution is 7.92. The summed E-state index contributed by atoms with van der Waals surface area (Å²) < 4.78 is 26.3. The van der Waals surface area contributed by atoms with Gasteiger partial charge in [-0.15, -0.1) is 0 Å². The zero-order valence-corrected chi connectivity index (χ0v) is 16.7. The second-order valence-electron chi connectivity index (χ2n) is 8.57. The van der Waals surface area contributed by atoms with Crippen LogP contribution in [0.1, 0.15) is 49.9 Å². The molecule has 0 amide bonds. The molecule has 0 atom stereocenters. The van der Waals surface area contributed by atoms with E-state index in [0.29, 0.717) is 6.54 Å². The van der Waals surface area contributed by atoms with Crippen molar-refractivity contribution in [2.24, 2.45) is 5.10 Å². The number of fused-ring (bicyclic) bond motifs is 7. The monoisotopic (exact) mass is 384 g/mol. The van der Waals surface area contributed by atoms with Crippen molar-refractivity contribution in [2.45, 2.75) is 44.9 Å². The molecule has 0 spiro atoms. The molecule has 0 saturated heterocycles. The minimum Gasteiger partial charge on any atom is -0.353 e. The summed E-state index contributed by atoms with van der Waals surface area (Å²) in [5.41, 5.74) is 10.6. The van der Waals surface area contributed by atoms with Crippen molar-refractivity contribution in [1.29, 1.82) is 0 Å². The molecule has 27 heavy (non-hydrogen) atoms. The van der Waals surface area contributed by atoms with Gasteiger partial charge in [0.1, 0.15) is 0 Å². The predicted molar refractivity (Wildman–Crippen MR) is 109 cm³/mol. The third-order valence-electron chi connectivity index (χ3n) is 6.04. The minimum absolute atomic E-state index is 0.216. The summed E-state index contributed by atoms with van der Waals surface area (Å²) >= 11 is 0. The van der Waals surface area contributed by atoms with Crippen molar-refractivity contribution < 1.29 is 8.42 Å². The summed E-state index contributed by atoms with van der Waals surface area (Å²) in [4.78, 5) is 3.59. The first kappa shape index (κ1) is 16.9. The molecule has 0 saturated carbocycles. The summed E-state index contributed by atoms with van der Waals surface area (Å²) in [7, 11) is -3.30. The molecule has 0 fully saturated rings. The first-order valence-corrected chi connectivity index (χ1v) is 11.3. The highest BCUT2D eigenvalue weighted by Gasteiger charge is 2.40. The highest BCUT2D eigenvalue weighted by atomic mass is 32.2. The van der Waals surface area contributed by atoms with Crippen molar-refractivity contribution >= 4 is 32.3 Å². The van der Waals surface area contributed by atoms with Crippen LogP contribution in [0.4, 0.5) is 5.69 Å². The molecule has 2 aliphatic heterocycles. The Morgan fingerprint density at radius 2 is 2.04 bits per heavy atom. The van der Waals surface area contributed by atoms with Crippen LogP contribution in [0.2, 0.25) is 0 Å². The number of hydrazone groups is 1. The van der Waals surface area contributed by atoms with E-state index in [4.69, 9.17) is 0 Å². The lowest BCUT2D eigenvalue weighted by molar-refractivity contribution is 0.557. The number of allylic oxidation sites excluding steroid dienone is 1. The number of nitrogens with one attached hydrogen (secondary N) is 2. The average molecular weight is 385 g/mol. The number of aromatic nitrogens is 1. The molecule has 142 valence electrons. The number of aromatic amines is 1. The van der Waals surface area contributed by atoms with Crippen LogP contribution < -0.4 is 9.73 Å². The number of hydrogen-bond acceptors (Lipinski definition) is 4. The Balaban J connectivity index is 1.75. The molecule has 2 N–H and O–H groups in total. The van der Waals surface area contributed by atoms with E-state index >= 15 is 0 Å². The number of sulfonamides is 1. The van der Waals surface area contributed by atoms with Gasteiger partial charge in [-0.3, -0.25) is 9.73 Å². The van der Waals surface area contributed by atoms with Crippen LogP contribution in [-0.4, -0.2) is 31.9 Å². The van der Waals surface area contributed by atoms with Crippen LogP contribution in [0.5, 0.6) is 0 Å². The van der Waals surface area contributed by atoms with Gasteiger partial charge in [-0.05, 0) is 48.1 Å². The van der Waals surface area contributed by atoms with Gasteiger partial charge in [-0.25, -0.2) is 8.42 Å². The lowest BCUT2D eigenvalue weighted by atomic mass is 9.86. The summed E-state index contributed by atoms with van der Waals surface area (Å²) in [6.45, 7) is 4.70. The molecule has 1 aliphatic carbocycles. The third kappa shape index (κ3) is 2.51. The lowest BCUT2D eigenvalue weighted by Gasteiger charge is -2.20. The largest absolute Gasteiger partial charge is 0.353 e. The number of H-pyrrole nitrogens is 1. The van der Waals surface area contributed by atoms with Crippen molar-refractivity contribution in [2.75, 3.05) is 17.1 Å². The van der Waals surface area contributed by atoms with Crippen LogP contribution in [0, 0.1) is 0 Å². The molecule has 3 heterocycles. The van der Waals surface area contributed by atoms with Gasteiger partial charge in [0.15, 0.2) is 0 Å². The smallest absolute Gasteiger partial charge is 0.232 e. The topological polar surface area (TPSA) is 77.6 Å². The van der Waals surface area contributed by atoms with E-state index < -0.39 is 10.0 Å². The summed E-state index contributed by atoms with van der Waals surface area (Å²) in [6.07, 6.45) is 7.28. The number of benzene rings is 1. The predicted octanol–water partition coefficient (Wildman–Crippen LogP) is 3.14. The zero-order chi connectivity index (χ0) is 19.0. The van der Waals surface area contributed by atoms with Crippen molar-refractivity contribution in [3.8, 4) is 0 Å². The molecule has 7 heteroatoms. The van der Waals surface area contributed by atoms with Gasteiger partial charge in [0.05, 0.1) is 23.3 Å². The van der Waals surface area contributed by atoms with Crippen LogP contribution >= 0.6 is 0 Å². The quantitative estimate of drug-likeness (QED) is 0.793. The molecule has 0 unspecified atom stereocenters. The number of hydrogen-bond donors (Lipinski definition) is 2. The number of nitrogens with zero attached hydrogens (tertiary/aromatic N) is 2. The van der Waals surface area contributed by atoms with Crippen LogP contribution in [0.3, 0.4) is 0 Å². The van der Waals surface area contributed by atoms with Crippen LogP contribution in [0.25, 0.3) is 10.9 Å². The van der Waals surface area contributed by atoms with Gasteiger partial charge in [-0.2, -0.15) is 5.10 Å². The molecule has 5 rings (SSSR count). The SMILES string of the molecule is CC1(C)CN(S(C)(=O)=O)c2cc3c4c([nH]c3cc21)C1=NNC=C(CCC4)C1. The Morgan fingerprint density at radius 3 is 2.81 bits per heavy atom. The van der Waals surface area contributed by atoms with E-state index in [9.17, 15) is 8.42 Å². The Labute approximate surface area is 159 Å². The van der Waals surface area contributed by atoms with E-state index in [2.05, 4.69) is 41.5 Å². The van der Waals surface area contributed by atoms with Crippen LogP contribution in [0.15, 0.2) is 29.0 Å². The average Bonchev–Trinajstić information content (AvgIpc) is 3.07. The first-order chi connectivity index (χ1) is 12.7. The van der Waals surface area contributed by atoms with Gasteiger partial charge < -0.3 is 4.98 Å². The molecule has 2 bridgehead atoms. The lowest BCUT2D eigenvalue weighted by Crippen LogP contribution is -2.33. The molecule has 1 aromatic carbocycles. The summed E-state index contributed by atoms with van der Waals surface area (Å²) in [5.74, 6) is 0. The Bertz CT molecular complexity index is 1140. The second-order valence-corrected chi connectivity index (χ2v) is 10.5. The molecule has 0 radical (unpaired) electrons. The molecular weight excluding hydrogens is 360 g/mol. The molecule has 6 nitrogen and oxygen atoms in total. The minimum atomic E-state index is -3.30. The van der Waals surface area contributed by atoms with E-state index in [1.54, 1.807) is 4.31 Å². The van der Waals surface area contributed by atoms with E-state index in [1.807, 2.05) is 6.20 Å². The van der Waals surface area contributed by atoms with Crippen molar-refractivity contribution in [3.05, 3.63) is 40.7 Å². The number of rotatable bonds is 1. The number of aryl methyl sites for hydroxylation is 1. The summed E-state index contributed by atoms with van der Waals surface area (Å²) in [6, 6.07) is 4.22. The fourth-order valence-corrected chi connectivity index (χ4v) is 5.74. The maximum absolute atomic E-state index is 12.4. The van der Waals surface area contributed by atoms with Crippen LogP contribution in [-0.2, 0) is 21.9 Å². The first-order valence-electron chi connectivity index (χ1n) is 9.41. The fraction of sp³-hybridized carbons (Fsp3) is 0.450. The van der Waals surface area contributed by atoms with Crippen molar-refractivity contribution in [1.82, 2.24) is 10.4 Å². The Kier molecular flexibility index (Phi) is 3.36. The van der Waals surface area contributed by atoms with Gasteiger partial charge in [0, 0.05) is 35.5 Å². The highest BCUT2D eigenvalue weighted by Crippen LogP contribution is 2.45. The maximum atomic E-state index is 12.4. The molecule has 1 aromatic heterocycles. The normalized spacial score (nSPS) is 20.9. The molecule has 3 aliphatic rings. The standard InChI is InChI=1S/C20H24N4O2S/c1-20(2)11-24(27(3,25)26)18-8-14-13-6-4-5-12-7-17(23-21-10-12)19(13)22-16(14)9-15(18)20/h8-10,21-22H,4-7,11H2,1-3H3. The van der Waals surface area contributed by atoms with Gasteiger partial charge in [0.2, 0.25) is 10.0 Å². The second kappa shape index (κ2) is 5.38.